The Labute approximate surface area is 99.3 Å². The second-order valence-corrected chi connectivity index (χ2v) is 5.37. The molecular weight excluding hydrogens is 202 g/mol. The van der Waals surface area contributed by atoms with Crippen molar-refractivity contribution in [3.63, 3.8) is 0 Å². The Kier molecular flexibility index (Phi) is 4.58. The first-order chi connectivity index (χ1) is 7.40. The molecule has 2 atom stereocenters. The number of hydrogen-bond acceptors (Lipinski definition) is 2. The molecule has 0 aromatic rings. The van der Waals surface area contributed by atoms with E-state index in [1.54, 1.807) is 0 Å². The summed E-state index contributed by atoms with van der Waals surface area (Å²) in [7, 11) is 0. The van der Waals surface area contributed by atoms with Crippen LogP contribution >= 0.6 is 12.6 Å². The third-order valence-corrected chi connectivity index (χ3v) is 4.22. The van der Waals surface area contributed by atoms with Crippen molar-refractivity contribution in [3.8, 4) is 0 Å². The highest BCUT2D eigenvalue weighted by atomic mass is 32.1. The van der Waals surface area contributed by atoms with Gasteiger partial charge < -0.3 is 0 Å². The standard InChI is InChI=1S/C13H23NS/c15-10-4-3-8-14-9-7-12-5-1-2-6-13(12)11-14/h3-4,12-13,15H,1-2,5-11H2. The van der Waals surface area contributed by atoms with E-state index in [0.717, 1.165) is 24.1 Å². The highest BCUT2D eigenvalue weighted by Crippen LogP contribution is 2.35. The molecule has 2 aliphatic rings. The summed E-state index contributed by atoms with van der Waals surface area (Å²) in [5, 5.41) is 0. The van der Waals surface area contributed by atoms with E-state index in [4.69, 9.17) is 0 Å². The van der Waals surface area contributed by atoms with Gasteiger partial charge in [0.05, 0.1) is 0 Å². The van der Waals surface area contributed by atoms with Gasteiger partial charge in [-0.25, -0.2) is 0 Å². The Morgan fingerprint density at radius 2 is 1.87 bits per heavy atom. The van der Waals surface area contributed by atoms with Gasteiger partial charge in [-0.3, -0.25) is 4.90 Å². The monoisotopic (exact) mass is 225 g/mol. The van der Waals surface area contributed by atoms with Gasteiger partial charge in [-0.15, -0.1) is 0 Å². The van der Waals surface area contributed by atoms with E-state index in [2.05, 4.69) is 29.7 Å². The number of thiol groups is 1. The third-order valence-electron chi connectivity index (χ3n) is 4.01. The quantitative estimate of drug-likeness (QED) is 0.571. The van der Waals surface area contributed by atoms with Gasteiger partial charge in [0.1, 0.15) is 0 Å². The molecular formula is C13H23NS. The van der Waals surface area contributed by atoms with Gasteiger partial charge in [0.25, 0.3) is 0 Å². The molecule has 2 rings (SSSR count). The Hall–Kier alpha value is 0.0500. The van der Waals surface area contributed by atoms with E-state index in [-0.39, 0.29) is 0 Å². The molecule has 2 fully saturated rings. The maximum absolute atomic E-state index is 4.19. The summed E-state index contributed by atoms with van der Waals surface area (Å²) in [6.07, 6.45) is 11.8. The summed E-state index contributed by atoms with van der Waals surface area (Å²) < 4.78 is 0. The second-order valence-electron chi connectivity index (χ2n) is 5.01. The van der Waals surface area contributed by atoms with Crippen molar-refractivity contribution in [2.75, 3.05) is 25.4 Å². The van der Waals surface area contributed by atoms with Gasteiger partial charge in [0.2, 0.25) is 0 Å². The highest BCUT2D eigenvalue weighted by molar-refractivity contribution is 7.80. The zero-order chi connectivity index (χ0) is 10.5. The maximum Gasteiger partial charge on any atom is 0.0163 e. The number of rotatable bonds is 3. The molecule has 2 unspecified atom stereocenters. The molecule has 15 heavy (non-hydrogen) atoms. The average Bonchev–Trinajstić information content (AvgIpc) is 2.29. The van der Waals surface area contributed by atoms with Crippen LogP contribution in [0.25, 0.3) is 0 Å². The molecule has 0 bridgehead atoms. The zero-order valence-electron chi connectivity index (χ0n) is 9.57. The van der Waals surface area contributed by atoms with E-state index in [1.807, 2.05) is 0 Å². The summed E-state index contributed by atoms with van der Waals surface area (Å²) in [6.45, 7) is 3.81. The van der Waals surface area contributed by atoms with Crippen LogP contribution in [0.2, 0.25) is 0 Å². The Balaban J connectivity index is 1.78. The molecule has 1 aliphatic carbocycles. The molecule has 1 saturated heterocycles. The van der Waals surface area contributed by atoms with Crippen molar-refractivity contribution in [1.29, 1.82) is 0 Å². The van der Waals surface area contributed by atoms with E-state index < -0.39 is 0 Å². The van der Waals surface area contributed by atoms with Crippen molar-refractivity contribution in [2.24, 2.45) is 11.8 Å². The van der Waals surface area contributed by atoms with Crippen LogP contribution in [-0.4, -0.2) is 30.3 Å². The molecule has 0 N–H and O–H groups in total. The minimum atomic E-state index is 0.875. The lowest BCUT2D eigenvalue weighted by atomic mass is 9.75. The lowest BCUT2D eigenvalue weighted by molar-refractivity contribution is 0.0951. The molecule has 86 valence electrons. The smallest absolute Gasteiger partial charge is 0.0163 e. The average molecular weight is 225 g/mol. The summed E-state index contributed by atoms with van der Waals surface area (Å²) in [5.74, 6) is 2.95. The van der Waals surface area contributed by atoms with Crippen molar-refractivity contribution in [2.45, 2.75) is 32.1 Å². The normalized spacial score (nSPS) is 33.1. The van der Waals surface area contributed by atoms with Crippen LogP contribution in [0.1, 0.15) is 32.1 Å². The van der Waals surface area contributed by atoms with Crippen molar-refractivity contribution < 1.29 is 0 Å². The summed E-state index contributed by atoms with van der Waals surface area (Å²) in [5.41, 5.74) is 0. The van der Waals surface area contributed by atoms with E-state index >= 15 is 0 Å². The topological polar surface area (TPSA) is 3.24 Å². The van der Waals surface area contributed by atoms with Gasteiger partial charge in [-0.2, -0.15) is 12.6 Å². The minimum Gasteiger partial charge on any atom is -0.299 e. The second kappa shape index (κ2) is 5.95. The molecule has 0 spiro atoms. The SMILES string of the molecule is SCC=CCN1CCC2CCCCC2C1. The van der Waals surface area contributed by atoms with Crippen LogP contribution < -0.4 is 0 Å². The lowest BCUT2D eigenvalue weighted by Gasteiger charge is -2.41. The van der Waals surface area contributed by atoms with Crippen LogP contribution in [0.3, 0.4) is 0 Å². The van der Waals surface area contributed by atoms with Crippen LogP contribution in [0.15, 0.2) is 12.2 Å². The van der Waals surface area contributed by atoms with Gasteiger partial charge in [-0.1, -0.05) is 31.4 Å². The fraction of sp³-hybridized carbons (Fsp3) is 0.846. The fourth-order valence-corrected chi connectivity index (χ4v) is 3.29. The number of likely N-dealkylation sites (tertiary alicyclic amines) is 1. The van der Waals surface area contributed by atoms with Gasteiger partial charge in [0.15, 0.2) is 0 Å². The largest absolute Gasteiger partial charge is 0.299 e. The fourth-order valence-electron chi connectivity index (χ4n) is 3.14. The summed E-state index contributed by atoms with van der Waals surface area (Å²) in [6, 6.07) is 0. The Bertz CT molecular complexity index is 215. The van der Waals surface area contributed by atoms with E-state index in [1.165, 1.54) is 45.2 Å². The van der Waals surface area contributed by atoms with Crippen molar-refractivity contribution in [3.05, 3.63) is 12.2 Å². The zero-order valence-corrected chi connectivity index (χ0v) is 10.5. The van der Waals surface area contributed by atoms with Crippen molar-refractivity contribution >= 4 is 12.6 Å². The van der Waals surface area contributed by atoms with Gasteiger partial charge in [0, 0.05) is 18.8 Å². The van der Waals surface area contributed by atoms with Crippen LogP contribution in [-0.2, 0) is 0 Å². The predicted molar refractivity (Wildman–Crippen MR) is 69.5 cm³/mol. The summed E-state index contributed by atoms with van der Waals surface area (Å²) in [4.78, 5) is 2.62. The molecule has 1 heterocycles. The first-order valence-corrected chi connectivity index (χ1v) is 7.01. The molecule has 2 heteroatoms. The molecule has 0 aromatic heterocycles. The third kappa shape index (κ3) is 3.25. The van der Waals surface area contributed by atoms with Gasteiger partial charge >= 0.3 is 0 Å². The van der Waals surface area contributed by atoms with Crippen LogP contribution in [0, 0.1) is 11.8 Å². The summed E-state index contributed by atoms with van der Waals surface area (Å²) >= 11 is 4.19. The van der Waals surface area contributed by atoms with Crippen LogP contribution in [0.5, 0.6) is 0 Å². The maximum atomic E-state index is 4.19. The Morgan fingerprint density at radius 1 is 1.07 bits per heavy atom. The lowest BCUT2D eigenvalue weighted by Crippen LogP contribution is -2.41. The Morgan fingerprint density at radius 3 is 2.67 bits per heavy atom. The first kappa shape index (κ1) is 11.5. The molecule has 0 amide bonds. The molecule has 1 nitrogen and oxygen atoms in total. The van der Waals surface area contributed by atoms with Gasteiger partial charge in [-0.05, 0) is 31.2 Å². The first-order valence-electron chi connectivity index (χ1n) is 6.38. The van der Waals surface area contributed by atoms with Crippen molar-refractivity contribution in [1.82, 2.24) is 4.90 Å². The predicted octanol–water partition coefficient (Wildman–Crippen LogP) is 2.98. The number of hydrogen-bond donors (Lipinski definition) is 1. The molecule has 1 saturated carbocycles. The minimum absolute atomic E-state index is 0.875. The number of piperidine rings is 1. The van der Waals surface area contributed by atoms with E-state index in [9.17, 15) is 0 Å². The molecule has 0 radical (unpaired) electrons. The highest BCUT2D eigenvalue weighted by Gasteiger charge is 2.30. The number of fused-ring (bicyclic) bond motifs is 1. The van der Waals surface area contributed by atoms with E-state index in [0.29, 0.717) is 0 Å². The number of nitrogens with zero attached hydrogens (tertiary/aromatic N) is 1. The van der Waals surface area contributed by atoms with Crippen LogP contribution in [0.4, 0.5) is 0 Å². The molecule has 0 aromatic carbocycles. The molecule has 1 aliphatic heterocycles.